The Kier molecular flexibility index (Phi) is 7.34. The summed E-state index contributed by atoms with van der Waals surface area (Å²) >= 11 is 12.1. The number of ether oxygens (including phenoxy) is 1. The van der Waals surface area contributed by atoms with Crippen LogP contribution in [0.5, 0.6) is 0 Å². The zero-order chi connectivity index (χ0) is 24.3. The number of benzene rings is 2. The average Bonchev–Trinajstić information content (AvgIpc) is 2.79. The summed E-state index contributed by atoms with van der Waals surface area (Å²) in [6.07, 6.45) is 0.189. The minimum atomic E-state index is -3.92. The predicted molar refractivity (Wildman–Crippen MR) is 122 cm³/mol. The number of rotatable bonds is 7. The Bertz CT molecular complexity index is 1270. The second kappa shape index (κ2) is 9.85. The van der Waals surface area contributed by atoms with Gasteiger partial charge in [-0.05, 0) is 43.2 Å². The second-order valence-electron chi connectivity index (χ2n) is 7.36. The lowest BCUT2D eigenvalue weighted by atomic mass is 9.99. The van der Waals surface area contributed by atoms with E-state index in [2.05, 4.69) is 4.74 Å². The minimum absolute atomic E-state index is 0.137. The molecule has 0 radical (unpaired) electrons. The van der Waals surface area contributed by atoms with Crippen LogP contribution in [-0.4, -0.2) is 23.4 Å². The molecular formula is C24H19Cl2F2NO4. The number of carbonyl (C=O) groups is 2. The lowest BCUT2D eigenvalue weighted by Crippen LogP contribution is -2.34. The number of hydrogen-bond acceptors (Lipinski definition) is 4. The topological polar surface area (TPSA) is 65.4 Å². The van der Waals surface area contributed by atoms with Gasteiger partial charge in [0.25, 0.3) is 11.3 Å². The molecule has 3 aromatic rings. The smallest absolute Gasteiger partial charge is 0.337 e. The number of aryl methyl sites for hydroxylation is 2. The monoisotopic (exact) mass is 493 g/mol. The van der Waals surface area contributed by atoms with Gasteiger partial charge in [0.05, 0.1) is 17.7 Å². The van der Waals surface area contributed by atoms with Crippen molar-refractivity contribution in [3.63, 3.8) is 0 Å². The molecule has 3 rings (SSSR count). The van der Waals surface area contributed by atoms with Gasteiger partial charge in [-0.2, -0.15) is 8.78 Å². The molecule has 0 bridgehead atoms. The number of nitrogens with zero attached hydrogens (tertiary/aromatic N) is 1. The average molecular weight is 494 g/mol. The zero-order valence-electron chi connectivity index (χ0n) is 17.7. The maximum absolute atomic E-state index is 15.1. The van der Waals surface area contributed by atoms with Crippen LogP contribution in [0.2, 0.25) is 10.0 Å². The summed E-state index contributed by atoms with van der Waals surface area (Å²) < 4.78 is 35.8. The quantitative estimate of drug-likeness (QED) is 0.323. The Balaban J connectivity index is 1.98. The first-order chi connectivity index (χ1) is 15.6. The Labute approximate surface area is 198 Å². The molecule has 33 heavy (non-hydrogen) atoms. The van der Waals surface area contributed by atoms with Crippen molar-refractivity contribution in [2.45, 2.75) is 25.8 Å². The molecule has 9 heteroatoms. The van der Waals surface area contributed by atoms with Crippen molar-refractivity contribution in [3.8, 4) is 0 Å². The lowest BCUT2D eigenvalue weighted by molar-refractivity contribution is 0.00637. The molecule has 0 unspecified atom stereocenters. The van der Waals surface area contributed by atoms with E-state index < -0.39 is 34.5 Å². The lowest BCUT2D eigenvalue weighted by Gasteiger charge is -2.20. The number of Topliss-reactive ketones (excluding diaryl/α,β-unsaturated/α-hetero) is 1. The van der Waals surface area contributed by atoms with E-state index in [4.69, 9.17) is 23.2 Å². The summed E-state index contributed by atoms with van der Waals surface area (Å²) in [5, 5.41) is -0.644. The van der Waals surface area contributed by atoms with Gasteiger partial charge in [-0.1, -0.05) is 59.1 Å². The highest BCUT2D eigenvalue weighted by atomic mass is 35.5. The van der Waals surface area contributed by atoms with E-state index >= 15 is 8.78 Å². The van der Waals surface area contributed by atoms with Gasteiger partial charge in [0.15, 0.2) is 0 Å². The third-order valence-electron chi connectivity index (χ3n) is 5.08. The number of methoxy groups -OCH3 is 1. The van der Waals surface area contributed by atoms with Gasteiger partial charge < -0.3 is 9.30 Å². The molecule has 0 atom stereocenters. The number of esters is 1. The number of hydrogen-bond donors (Lipinski definition) is 0. The first-order valence-corrected chi connectivity index (χ1v) is 10.6. The number of halogens is 4. The molecule has 0 amide bonds. The highest BCUT2D eigenvalue weighted by Crippen LogP contribution is 2.34. The molecule has 5 nitrogen and oxygen atoms in total. The third kappa shape index (κ3) is 5.15. The molecule has 0 aliphatic carbocycles. The van der Waals surface area contributed by atoms with E-state index in [-0.39, 0.29) is 23.0 Å². The van der Waals surface area contributed by atoms with E-state index in [1.807, 2.05) is 0 Å². The van der Waals surface area contributed by atoms with Gasteiger partial charge >= 0.3 is 11.9 Å². The van der Waals surface area contributed by atoms with E-state index in [0.29, 0.717) is 16.7 Å². The summed E-state index contributed by atoms with van der Waals surface area (Å²) in [4.78, 5) is 37.2. The Morgan fingerprint density at radius 1 is 1.03 bits per heavy atom. The van der Waals surface area contributed by atoms with Crippen LogP contribution in [0.1, 0.15) is 37.5 Å². The zero-order valence-corrected chi connectivity index (χ0v) is 19.2. The van der Waals surface area contributed by atoms with Crippen LogP contribution in [0, 0.1) is 6.92 Å². The Morgan fingerprint density at radius 2 is 1.70 bits per heavy atom. The molecule has 0 N–H and O–H groups in total. The van der Waals surface area contributed by atoms with Gasteiger partial charge in [-0.15, -0.1) is 0 Å². The van der Waals surface area contributed by atoms with Crippen molar-refractivity contribution in [1.82, 2.24) is 4.57 Å². The van der Waals surface area contributed by atoms with E-state index in [1.165, 1.54) is 31.4 Å². The molecule has 2 aromatic carbocycles. The molecule has 0 aliphatic rings. The SMILES string of the molecule is COC(=O)c1ccc(CCn2c(C(=O)C(F)(F)c3cccc(C)c3)c(Cl)cc(Cl)c2=O)cc1. The standard InChI is InChI=1S/C24H19Cl2F2NO4/c1-14-4-3-5-17(12-14)24(27,28)21(30)20-18(25)13-19(26)22(31)29(20)11-10-15-6-8-16(9-7-15)23(32)33-2/h3-9,12-13H,10-11H2,1-2H3. The van der Waals surface area contributed by atoms with Gasteiger partial charge in [0.2, 0.25) is 0 Å². The molecule has 0 saturated carbocycles. The maximum Gasteiger partial charge on any atom is 0.337 e. The van der Waals surface area contributed by atoms with Crippen LogP contribution >= 0.6 is 23.2 Å². The third-order valence-corrected chi connectivity index (χ3v) is 5.64. The van der Waals surface area contributed by atoms with Crippen molar-refractivity contribution < 1.29 is 23.1 Å². The number of pyridine rings is 1. The maximum atomic E-state index is 15.1. The minimum Gasteiger partial charge on any atom is -0.465 e. The first kappa shape index (κ1) is 24.6. The molecule has 0 saturated heterocycles. The fourth-order valence-corrected chi connectivity index (χ4v) is 3.90. The highest BCUT2D eigenvalue weighted by molar-refractivity contribution is 6.36. The van der Waals surface area contributed by atoms with E-state index in [1.54, 1.807) is 25.1 Å². The van der Waals surface area contributed by atoms with Gasteiger partial charge in [0, 0.05) is 12.1 Å². The van der Waals surface area contributed by atoms with Crippen LogP contribution in [-0.2, 0) is 23.6 Å². The van der Waals surface area contributed by atoms with Crippen molar-refractivity contribution >= 4 is 35.0 Å². The number of ketones is 1. The van der Waals surface area contributed by atoms with Crippen LogP contribution in [0.15, 0.2) is 59.4 Å². The van der Waals surface area contributed by atoms with E-state index in [0.717, 1.165) is 16.7 Å². The largest absolute Gasteiger partial charge is 0.465 e. The summed E-state index contributed by atoms with van der Waals surface area (Å²) in [7, 11) is 1.26. The highest BCUT2D eigenvalue weighted by Gasteiger charge is 2.44. The van der Waals surface area contributed by atoms with Crippen LogP contribution in [0.25, 0.3) is 0 Å². The van der Waals surface area contributed by atoms with E-state index in [9.17, 15) is 14.4 Å². The summed E-state index contributed by atoms with van der Waals surface area (Å²) in [5.41, 5.74) is -0.363. The molecular weight excluding hydrogens is 475 g/mol. The molecule has 0 fully saturated rings. The van der Waals surface area contributed by atoms with Crippen molar-refractivity contribution in [2.24, 2.45) is 0 Å². The summed E-state index contributed by atoms with van der Waals surface area (Å²) in [5.74, 6) is -6.03. The number of aromatic nitrogens is 1. The first-order valence-electron chi connectivity index (χ1n) is 9.82. The van der Waals surface area contributed by atoms with Gasteiger partial charge in [0.1, 0.15) is 10.7 Å². The predicted octanol–water partition coefficient (Wildman–Crippen LogP) is 5.47. The molecule has 1 heterocycles. The normalized spacial score (nSPS) is 11.3. The fraction of sp³-hybridized carbons (Fsp3) is 0.208. The van der Waals surface area contributed by atoms with Gasteiger partial charge in [-0.3, -0.25) is 9.59 Å². The van der Waals surface area contributed by atoms with Gasteiger partial charge in [-0.25, -0.2) is 4.79 Å². The molecule has 0 aliphatic heterocycles. The molecule has 0 spiro atoms. The van der Waals surface area contributed by atoms with Crippen LogP contribution < -0.4 is 5.56 Å². The summed E-state index contributed by atoms with van der Waals surface area (Å²) in [6, 6.07) is 12.7. The molecule has 1 aromatic heterocycles. The van der Waals surface area contributed by atoms with Crippen LogP contribution in [0.4, 0.5) is 8.78 Å². The number of alkyl halides is 2. The Morgan fingerprint density at radius 3 is 2.30 bits per heavy atom. The number of carbonyl (C=O) groups excluding carboxylic acids is 2. The van der Waals surface area contributed by atoms with Crippen molar-refractivity contribution in [2.75, 3.05) is 7.11 Å². The Hall–Kier alpha value is -3.03. The summed E-state index contributed by atoms with van der Waals surface area (Å²) in [6.45, 7) is 1.49. The van der Waals surface area contributed by atoms with Crippen LogP contribution in [0.3, 0.4) is 0 Å². The second-order valence-corrected chi connectivity index (χ2v) is 8.17. The molecule has 172 valence electrons. The van der Waals surface area contributed by atoms with Crippen molar-refractivity contribution in [3.05, 3.63) is 103 Å². The van der Waals surface area contributed by atoms with Crippen molar-refractivity contribution in [1.29, 1.82) is 0 Å². The fourth-order valence-electron chi connectivity index (χ4n) is 3.33.